The van der Waals surface area contributed by atoms with Crippen LogP contribution in [0, 0.1) is 0 Å². The number of β-lactam (4-membered cyclic amide) rings is 1. The highest BCUT2D eigenvalue weighted by molar-refractivity contribution is 8.00. The number of alkyl halides is 1. The van der Waals surface area contributed by atoms with E-state index in [0.717, 1.165) is 23.1 Å². The number of Topliss-reactive ketones (excluding diaryl/α,β-unsaturated/α-hetero) is 1. The molecule has 9 nitrogen and oxygen atoms in total. The minimum Gasteiger partial charge on any atom is -0.480 e. The van der Waals surface area contributed by atoms with E-state index < -0.39 is 39.9 Å². The fraction of sp³-hybridized carbons (Fsp3) is 0.417. The Morgan fingerprint density at radius 2 is 2.21 bits per heavy atom. The largest absolute Gasteiger partial charge is 0.480 e. The fourth-order valence-corrected chi connectivity index (χ4v) is 4.63. The third-order valence-electron chi connectivity index (χ3n) is 3.68. The van der Waals surface area contributed by atoms with E-state index in [-0.39, 0.29) is 23.1 Å². The highest BCUT2D eigenvalue weighted by atomic mass is 35.5. The minimum absolute atomic E-state index is 0.0828. The smallest absolute Gasteiger partial charge is 0.327 e. The second-order valence-corrected chi connectivity index (χ2v) is 8.01. The third-order valence-corrected chi connectivity index (χ3v) is 6.45. The number of aromatic nitrogens is 1. The van der Waals surface area contributed by atoms with Gasteiger partial charge in [0.1, 0.15) is 17.1 Å². The molecule has 12 heteroatoms. The van der Waals surface area contributed by atoms with Crippen molar-refractivity contribution in [1.82, 2.24) is 15.2 Å². The highest BCUT2D eigenvalue weighted by Gasteiger charge is 2.57. The van der Waals surface area contributed by atoms with Crippen LogP contribution in [0.1, 0.15) is 10.5 Å². The van der Waals surface area contributed by atoms with Crippen molar-refractivity contribution in [3.8, 4) is 0 Å². The van der Waals surface area contributed by atoms with Gasteiger partial charge in [0.05, 0.1) is 6.54 Å². The van der Waals surface area contributed by atoms with E-state index in [4.69, 9.17) is 22.4 Å². The first-order chi connectivity index (χ1) is 11.2. The van der Waals surface area contributed by atoms with Crippen LogP contribution in [0.4, 0.5) is 5.13 Å². The summed E-state index contributed by atoms with van der Waals surface area (Å²) in [6, 6.07) is -0.891. The van der Waals surface area contributed by atoms with Gasteiger partial charge in [0.15, 0.2) is 10.0 Å². The topological polar surface area (TPSA) is 143 Å². The Morgan fingerprint density at radius 1 is 1.50 bits per heavy atom. The SMILES string of the molecule is Nc1nc(C(=O)C(=O)NC2C(=O)N3CC(Cl)(C(=O)O)CS[C@H]23)cs1. The lowest BCUT2D eigenvalue weighted by molar-refractivity contribution is -0.151. The summed E-state index contributed by atoms with van der Waals surface area (Å²) < 4.78 is 0. The molecule has 2 fully saturated rings. The number of nitrogens with two attached hydrogens (primary N) is 1. The quantitative estimate of drug-likeness (QED) is 0.267. The molecule has 0 spiro atoms. The van der Waals surface area contributed by atoms with E-state index in [1.165, 1.54) is 10.3 Å². The van der Waals surface area contributed by atoms with E-state index >= 15 is 0 Å². The van der Waals surface area contributed by atoms with Crippen molar-refractivity contribution < 1.29 is 24.3 Å². The number of halogens is 1. The molecule has 1 aromatic rings. The molecule has 24 heavy (non-hydrogen) atoms. The molecule has 128 valence electrons. The van der Waals surface area contributed by atoms with Gasteiger partial charge in [-0.1, -0.05) is 0 Å². The van der Waals surface area contributed by atoms with Crippen molar-refractivity contribution in [3.63, 3.8) is 0 Å². The Kier molecular flexibility index (Phi) is 4.18. The van der Waals surface area contributed by atoms with Gasteiger partial charge < -0.3 is 21.1 Å². The Labute approximate surface area is 148 Å². The molecule has 2 saturated heterocycles. The molecule has 0 saturated carbocycles. The first-order valence-corrected chi connectivity index (χ1v) is 8.94. The van der Waals surface area contributed by atoms with Gasteiger partial charge in [0.2, 0.25) is 5.91 Å². The third kappa shape index (κ3) is 2.72. The number of carbonyl (C=O) groups excluding carboxylic acids is 3. The normalized spacial score (nSPS) is 28.7. The van der Waals surface area contributed by atoms with Crippen molar-refractivity contribution in [1.29, 1.82) is 0 Å². The molecule has 3 heterocycles. The predicted octanol–water partition coefficient (Wildman–Crippen LogP) is -0.630. The number of anilines is 1. The number of thiazole rings is 1. The number of hydrogen-bond acceptors (Lipinski definition) is 8. The number of thioether (sulfide) groups is 1. The predicted molar refractivity (Wildman–Crippen MR) is 87.0 cm³/mol. The minimum atomic E-state index is -1.54. The number of nitrogen functional groups attached to an aromatic ring is 1. The van der Waals surface area contributed by atoms with Crippen LogP contribution in [0.5, 0.6) is 0 Å². The molecule has 2 unspecified atom stereocenters. The average Bonchev–Trinajstić information content (AvgIpc) is 2.98. The molecule has 0 aliphatic carbocycles. The lowest BCUT2D eigenvalue weighted by Gasteiger charge is -2.52. The van der Waals surface area contributed by atoms with E-state index in [2.05, 4.69) is 10.3 Å². The van der Waals surface area contributed by atoms with Crippen LogP contribution in [0.25, 0.3) is 0 Å². The molecule has 2 aliphatic rings. The van der Waals surface area contributed by atoms with Crippen molar-refractivity contribution in [2.24, 2.45) is 0 Å². The molecule has 3 atom stereocenters. The summed E-state index contributed by atoms with van der Waals surface area (Å²) in [7, 11) is 0. The molecule has 2 aliphatic heterocycles. The molecule has 1 aromatic heterocycles. The van der Waals surface area contributed by atoms with Gasteiger partial charge in [0.25, 0.3) is 11.7 Å². The van der Waals surface area contributed by atoms with Crippen molar-refractivity contribution in [3.05, 3.63) is 11.1 Å². The van der Waals surface area contributed by atoms with Crippen LogP contribution < -0.4 is 11.1 Å². The second-order valence-electron chi connectivity index (χ2n) is 5.29. The Morgan fingerprint density at radius 3 is 2.79 bits per heavy atom. The summed E-state index contributed by atoms with van der Waals surface area (Å²) in [4.78, 5) is 50.6. The molecular weight excluding hydrogens is 380 g/mol. The summed E-state index contributed by atoms with van der Waals surface area (Å²) in [5.74, 6) is -3.43. The number of nitrogens with zero attached hydrogens (tertiary/aromatic N) is 2. The summed E-state index contributed by atoms with van der Waals surface area (Å²) in [6.45, 7) is -0.149. The zero-order valence-corrected chi connectivity index (χ0v) is 14.3. The number of ketones is 1. The zero-order chi connectivity index (χ0) is 17.6. The van der Waals surface area contributed by atoms with Crippen LogP contribution in [0.15, 0.2) is 5.38 Å². The van der Waals surface area contributed by atoms with Gasteiger partial charge >= 0.3 is 5.97 Å². The summed E-state index contributed by atoms with van der Waals surface area (Å²) >= 11 is 8.15. The van der Waals surface area contributed by atoms with E-state index in [0.29, 0.717) is 0 Å². The summed E-state index contributed by atoms with van der Waals surface area (Å²) in [5.41, 5.74) is 5.33. The van der Waals surface area contributed by atoms with E-state index in [9.17, 15) is 19.2 Å². The van der Waals surface area contributed by atoms with Crippen LogP contribution in [-0.2, 0) is 14.4 Å². The Balaban J connectivity index is 1.64. The maximum Gasteiger partial charge on any atom is 0.327 e. The monoisotopic (exact) mass is 390 g/mol. The number of aliphatic carboxylic acids is 1. The van der Waals surface area contributed by atoms with Crippen LogP contribution in [0.3, 0.4) is 0 Å². The lowest BCUT2D eigenvalue weighted by atomic mass is 10.0. The zero-order valence-electron chi connectivity index (χ0n) is 11.9. The first-order valence-electron chi connectivity index (χ1n) is 6.63. The number of hydrogen-bond donors (Lipinski definition) is 3. The summed E-state index contributed by atoms with van der Waals surface area (Å²) in [6.07, 6.45) is 0. The molecule has 4 N–H and O–H groups in total. The Bertz CT molecular complexity index is 756. The maximum absolute atomic E-state index is 12.1. The van der Waals surface area contributed by atoms with Gasteiger partial charge in [-0.3, -0.25) is 19.2 Å². The average molecular weight is 391 g/mol. The fourth-order valence-electron chi connectivity index (χ4n) is 2.39. The molecule has 0 bridgehead atoms. The second kappa shape index (κ2) is 5.90. The molecule has 2 amide bonds. The van der Waals surface area contributed by atoms with Crippen molar-refractivity contribution >= 4 is 63.4 Å². The first kappa shape index (κ1) is 17.0. The van der Waals surface area contributed by atoms with Crippen LogP contribution in [0.2, 0.25) is 0 Å². The van der Waals surface area contributed by atoms with Gasteiger partial charge in [-0.2, -0.15) is 0 Å². The summed E-state index contributed by atoms with van der Waals surface area (Å²) in [5, 5.41) is 12.5. The molecule has 0 radical (unpaired) electrons. The van der Waals surface area contributed by atoms with Gasteiger partial charge in [0, 0.05) is 11.1 Å². The van der Waals surface area contributed by atoms with Crippen molar-refractivity contribution in [2.45, 2.75) is 16.3 Å². The van der Waals surface area contributed by atoms with Gasteiger partial charge in [-0.15, -0.1) is 34.7 Å². The Hall–Kier alpha value is -1.85. The number of carboxylic acids is 1. The number of carbonyl (C=O) groups is 4. The van der Waals surface area contributed by atoms with Gasteiger partial charge in [-0.05, 0) is 0 Å². The van der Waals surface area contributed by atoms with Crippen LogP contribution in [-0.4, -0.2) is 67.1 Å². The molecule has 3 rings (SSSR count). The highest BCUT2D eigenvalue weighted by Crippen LogP contribution is 2.40. The standard InChI is InChI=1S/C12H11ClN4O5S2/c13-12(10(21)22)2-17-8(20)5(9(17)24-3-12)16-7(19)6(18)4-1-23-11(14)15-4/h1,5,9H,2-3H2,(H2,14,15)(H,16,19)(H,21,22)/t5?,9-,12?/m1/s1. The van der Waals surface area contributed by atoms with E-state index in [1.54, 1.807) is 0 Å². The molecular formula is C12H11ClN4O5S2. The number of rotatable bonds is 4. The number of carboxylic acid groups (broad SMARTS) is 1. The number of fused-ring (bicyclic) bond motifs is 1. The maximum atomic E-state index is 12.1. The number of nitrogens with one attached hydrogen (secondary N) is 1. The number of amides is 2. The van der Waals surface area contributed by atoms with E-state index in [1.807, 2.05) is 0 Å². The van der Waals surface area contributed by atoms with Gasteiger partial charge in [-0.25, -0.2) is 4.98 Å². The van der Waals surface area contributed by atoms with Crippen molar-refractivity contribution in [2.75, 3.05) is 18.0 Å². The van der Waals surface area contributed by atoms with Crippen LogP contribution >= 0.6 is 34.7 Å². The molecule has 0 aromatic carbocycles. The lowest BCUT2D eigenvalue weighted by Crippen LogP contribution is -2.74.